The number of nitriles is 1. The van der Waals surface area contributed by atoms with Crippen LogP contribution in [0.3, 0.4) is 0 Å². The third-order valence-electron chi connectivity index (χ3n) is 3.77. The minimum atomic E-state index is -3.87. The summed E-state index contributed by atoms with van der Waals surface area (Å²) in [4.78, 5) is -0.238. The molecule has 2 rings (SSSR count). The highest BCUT2D eigenvalue weighted by molar-refractivity contribution is 7.95. The van der Waals surface area contributed by atoms with E-state index in [9.17, 15) is 13.7 Å². The summed E-state index contributed by atoms with van der Waals surface area (Å²) in [5, 5.41) is 9.40. The molecule has 6 heteroatoms. The van der Waals surface area contributed by atoms with Crippen molar-refractivity contribution in [3.8, 4) is 17.6 Å². The van der Waals surface area contributed by atoms with Gasteiger partial charge in [-0.2, -0.15) is 5.26 Å². The third kappa shape index (κ3) is 5.35. The SMILES string of the molecule is CCCCOc1ccc(/C=C(\C#N)S(=O)(=O)c2ccccc2)cc1OCC. The van der Waals surface area contributed by atoms with Crippen LogP contribution in [0.5, 0.6) is 11.5 Å². The molecule has 5 nitrogen and oxygen atoms in total. The van der Waals surface area contributed by atoms with Crippen molar-refractivity contribution in [1.82, 2.24) is 0 Å². The van der Waals surface area contributed by atoms with Crippen molar-refractivity contribution in [2.45, 2.75) is 31.6 Å². The van der Waals surface area contributed by atoms with Gasteiger partial charge in [0.1, 0.15) is 11.0 Å². The monoisotopic (exact) mass is 385 g/mol. The second-order valence-corrected chi connectivity index (χ2v) is 7.70. The average molecular weight is 385 g/mol. The molecule has 2 aromatic carbocycles. The normalized spacial score (nSPS) is 11.7. The lowest BCUT2D eigenvalue weighted by molar-refractivity contribution is 0.272. The molecule has 0 aliphatic rings. The van der Waals surface area contributed by atoms with Crippen molar-refractivity contribution in [1.29, 1.82) is 5.26 Å². The van der Waals surface area contributed by atoms with Gasteiger partial charge in [0.25, 0.3) is 0 Å². The second kappa shape index (κ2) is 9.79. The Labute approximate surface area is 160 Å². The first kappa shape index (κ1) is 20.5. The van der Waals surface area contributed by atoms with Crippen LogP contribution < -0.4 is 9.47 Å². The highest BCUT2D eigenvalue weighted by atomic mass is 32.2. The second-order valence-electron chi connectivity index (χ2n) is 5.78. The number of ether oxygens (including phenoxy) is 2. The Balaban J connectivity index is 2.38. The third-order valence-corrected chi connectivity index (χ3v) is 5.45. The molecule has 0 radical (unpaired) electrons. The fraction of sp³-hybridized carbons (Fsp3) is 0.286. The molecule has 0 spiro atoms. The molecule has 27 heavy (non-hydrogen) atoms. The Morgan fingerprint density at radius 3 is 2.44 bits per heavy atom. The number of rotatable bonds is 9. The molecule has 0 saturated heterocycles. The maximum Gasteiger partial charge on any atom is 0.216 e. The zero-order valence-electron chi connectivity index (χ0n) is 15.5. The molecular weight excluding hydrogens is 362 g/mol. The Morgan fingerprint density at radius 2 is 1.81 bits per heavy atom. The van der Waals surface area contributed by atoms with Gasteiger partial charge >= 0.3 is 0 Å². The largest absolute Gasteiger partial charge is 0.490 e. The summed E-state index contributed by atoms with van der Waals surface area (Å²) in [5.41, 5.74) is 0.553. The fourth-order valence-electron chi connectivity index (χ4n) is 2.38. The van der Waals surface area contributed by atoms with E-state index in [1.54, 1.807) is 42.5 Å². The summed E-state index contributed by atoms with van der Waals surface area (Å²) in [7, 11) is -3.87. The van der Waals surface area contributed by atoms with Crippen LogP contribution in [-0.2, 0) is 9.84 Å². The van der Waals surface area contributed by atoms with E-state index < -0.39 is 9.84 Å². The Bertz CT molecular complexity index is 928. The molecule has 2 aromatic rings. The van der Waals surface area contributed by atoms with Crippen molar-refractivity contribution in [3.63, 3.8) is 0 Å². The van der Waals surface area contributed by atoms with E-state index in [1.807, 2.05) is 6.92 Å². The minimum absolute atomic E-state index is 0.0855. The van der Waals surface area contributed by atoms with Gasteiger partial charge in [0, 0.05) is 0 Å². The topological polar surface area (TPSA) is 76.4 Å². The van der Waals surface area contributed by atoms with Crippen LogP contribution in [0.1, 0.15) is 32.3 Å². The van der Waals surface area contributed by atoms with Crippen LogP contribution in [0.2, 0.25) is 0 Å². The molecule has 142 valence electrons. The van der Waals surface area contributed by atoms with Gasteiger partial charge in [0.2, 0.25) is 9.84 Å². The fourth-order valence-corrected chi connectivity index (χ4v) is 3.56. The molecule has 0 saturated carbocycles. The van der Waals surface area contributed by atoms with Crippen molar-refractivity contribution in [3.05, 3.63) is 59.0 Å². The number of sulfone groups is 1. The summed E-state index contributed by atoms with van der Waals surface area (Å²) < 4.78 is 36.7. The zero-order chi connectivity index (χ0) is 19.7. The quantitative estimate of drug-likeness (QED) is 0.466. The minimum Gasteiger partial charge on any atom is -0.490 e. The summed E-state index contributed by atoms with van der Waals surface area (Å²) >= 11 is 0. The standard InChI is InChI=1S/C21H23NO4S/c1-3-5-13-26-20-12-11-17(15-21(20)25-4-2)14-19(16-22)27(23,24)18-9-7-6-8-10-18/h6-12,14-15H,3-5,13H2,1-2H3/b19-14+. The lowest BCUT2D eigenvalue weighted by Gasteiger charge is -2.12. The molecule has 0 amide bonds. The van der Waals surface area contributed by atoms with E-state index in [1.165, 1.54) is 18.2 Å². The Morgan fingerprint density at radius 1 is 1.07 bits per heavy atom. The van der Waals surface area contributed by atoms with Crippen LogP contribution in [0, 0.1) is 11.3 Å². The van der Waals surface area contributed by atoms with Gasteiger partial charge in [-0.1, -0.05) is 37.6 Å². The number of nitrogens with zero attached hydrogens (tertiary/aromatic N) is 1. The van der Waals surface area contributed by atoms with E-state index in [0.29, 0.717) is 30.3 Å². The lowest BCUT2D eigenvalue weighted by Crippen LogP contribution is -2.03. The lowest BCUT2D eigenvalue weighted by atomic mass is 10.2. The van der Waals surface area contributed by atoms with E-state index in [2.05, 4.69) is 6.92 Å². The molecule has 0 unspecified atom stereocenters. The first-order chi connectivity index (χ1) is 13.0. The smallest absolute Gasteiger partial charge is 0.216 e. The molecule has 0 aliphatic carbocycles. The predicted molar refractivity (Wildman–Crippen MR) is 105 cm³/mol. The van der Waals surface area contributed by atoms with Crippen molar-refractivity contribution < 1.29 is 17.9 Å². The van der Waals surface area contributed by atoms with Gasteiger partial charge in [-0.3, -0.25) is 0 Å². The van der Waals surface area contributed by atoms with Crippen molar-refractivity contribution in [2.75, 3.05) is 13.2 Å². The first-order valence-corrected chi connectivity index (χ1v) is 10.3. The molecule has 0 fully saturated rings. The van der Waals surface area contributed by atoms with Crippen molar-refractivity contribution >= 4 is 15.9 Å². The molecule has 0 bridgehead atoms. The predicted octanol–water partition coefficient (Wildman–Crippen LogP) is 4.60. The molecule has 0 heterocycles. The van der Waals surface area contributed by atoms with E-state index in [-0.39, 0.29) is 9.80 Å². The maximum atomic E-state index is 12.7. The van der Waals surface area contributed by atoms with Gasteiger partial charge in [-0.15, -0.1) is 0 Å². The number of unbranched alkanes of at least 4 members (excludes halogenated alkanes) is 1. The zero-order valence-corrected chi connectivity index (χ0v) is 16.3. The number of hydrogen-bond acceptors (Lipinski definition) is 5. The summed E-state index contributed by atoms with van der Waals surface area (Å²) in [6, 6.07) is 14.8. The Kier molecular flexibility index (Phi) is 7.44. The Hall–Kier alpha value is -2.78. The maximum absolute atomic E-state index is 12.7. The van der Waals surface area contributed by atoms with E-state index in [4.69, 9.17) is 9.47 Å². The number of hydrogen-bond donors (Lipinski definition) is 0. The molecular formula is C21H23NO4S. The van der Waals surface area contributed by atoms with Gasteiger partial charge in [0.15, 0.2) is 11.5 Å². The van der Waals surface area contributed by atoms with Gasteiger partial charge < -0.3 is 9.47 Å². The van der Waals surface area contributed by atoms with Crippen LogP contribution in [0.15, 0.2) is 58.3 Å². The molecule has 0 aromatic heterocycles. The molecule has 0 N–H and O–H groups in total. The molecule has 0 atom stereocenters. The summed E-state index contributed by atoms with van der Waals surface area (Å²) in [6.07, 6.45) is 3.30. The van der Waals surface area contributed by atoms with E-state index in [0.717, 1.165) is 12.8 Å². The summed E-state index contributed by atoms with van der Waals surface area (Å²) in [6.45, 7) is 4.97. The number of allylic oxidation sites excluding steroid dienone is 1. The van der Waals surface area contributed by atoms with Crippen LogP contribution in [0.25, 0.3) is 6.08 Å². The van der Waals surface area contributed by atoms with Crippen molar-refractivity contribution in [2.24, 2.45) is 0 Å². The molecule has 0 aliphatic heterocycles. The first-order valence-electron chi connectivity index (χ1n) is 8.84. The van der Waals surface area contributed by atoms with Gasteiger partial charge in [0.05, 0.1) is 18.1 Å². The van der Waals surface area contributed by atoms with Crippen LogP contribution in [0.4, 0.5) is 0 Å². The highest BCUT2D eigenvalue weighted by Crippen LogP contribution is 2.30. The number of benzene rings is 2. The van der Waals surface area contributed by atoms with Crippen LogP contribution in [-0.4, -0.2) is 21.6 Å². The van der Waals surface area contributed by atoms with Gasteiger partial charge in [-0.25, -0.2) is 8.42 Å². The summed E-state index contributed by atoms with van der Waals surface area (Å²) in [5.74, 6) is 1.13. The van der Waals surface area contributed by atoms with Gasteiger partial charge in [-0.05, 0) is 49.2 Å². The highest BCUT2D eigenvalue weighted by Gasteiger charge is 2.20. The van der Waals surface area contributed by atoms with E-state index >= 15 is 0 Å². The average Bonchev–Trinajstić information content (AvgIpc) is 2.68. The van der Waals surface area contributed by atoms with Crippen LogP contribution >= 0.6 is 0 Å².